The van der Waals surface area contributed by atoms with Crippen LogP contribution in [-0.4, -0.2) is 40.7 Å². The molecule has 35 heavy (non-hydrogen) atoms. The van der Waals surface area contributed by atoms with Gasteiger partial charge in [-0.05, 0) is 54.8 Å². The van der Waals surface area contributed by atoms with Gasteiger partial charge in [-0.2, -0.15) is 5.26 Å². The number of benzene rings is 1. The smallest absolute Gasteiger partial charge is 0.225 e. The Balaban J connectivity index is 1.39. The van der Waals surface area contributed by atoms with Crippen molar-refractivity contribution in [1.82, 2.24) is 20.5 Å². The number of nitriles is 1. The molecule has 180 valence electrons. The highest BCUT2D eigenvalue weighted by Gasteiger charge is 2.39. The van der Waals surface area contributed by atoms with Crippen LogP contribution in [-0.2, 0) is 4.79 Å². The Kier molecular flexibility index (Phi) is 8.13. The Labute approximate surface area is 214 Å². The van der Waals surface area contributed by atoms with Gasteiger partial charge in [-0.15, -0.1) is 10.2 Å². The second-order valence-corrected chi connectivity index (χ2v) is 9.37. The van der Waals surface area contributed by atoms with Crippen molar-refractivity contribution in [2.45, 2.75) is 24.8 Å². The molecule has 0 unspecified atom stereocenters. The van der Waals surface area contributed by atoms with Gasteiger partial charge in [-0.25, -0.2) is 0 Å². The lowest BCUT2D eigenvalue weighted by Crippen LogP contribution is -2.35. The third kappa shape index (κ3) is 6.25. The maximum Gasteiger partial charge on any atom is 0.225 e. The van der Waals surface area contributed by atoms with Gasteiger partial charge in [0.05, 0.1) is 10.9 Å². The lowest BCUT2D eigenvalue weighted by Gasteiger charge is -2.18. The molecule has 10 heteroatoms. The van der Waals surface area contributed by atoms with Crippen LogP contribution in [0, 0.1) is 17.2 Å². The number of rotatable bonds is 8. The first-order chi connectivity index (χ1) is 16.9. The molecule has 1 saturated heterocycles. The van der Waals surface area contributed by atoms with Crippen LogP contribution in [0.4, 0.5) is 5.82 Å². The van der Waals surface area contributed by atoms with E-state index >= 15 is 0 Å². The summed E-state index contributed by atoms with van der Waals surface area (Å²) in [5.41, 5.74) is 8.34. The summed E-state index contributed by atoms with van der Waals surface area (Å²) < 4.78 is 0. The second-order valence-electron chi connectivity index (χ2n) is 8.50. The van der Waals surface area contributed by atoms with Crippen molar-refractivity contribution in [2.75, 3.05) is 24.5 Å². The van der Waals surface area contributed by atoms with Crippen molar-refractivity contribution < 1.29 is 4.79 Å². The van der Waals surface area contributed by atoms with Crippen LogP contribution in [0.25, 0.3) is 0 Å². The molecule has 2 aromatic heterocycles. The zero-order valence-corrected chi connectivity index (χ0v) is 20.5. The molecule has 1 fully saturated rings. The third-order valence-corrected chi connectivity index (χ3v) is 6.64. The van der Waals surface area contributed by atoms with Crippen molar-refractivity contribution in [2.24, 2.45) is 11.7 Å². The zero-order chi connectivity index (χ0) is 24.8. The van der Waals surface area contributed by atoms with Crippen LogP contribution in [0.15, 0.2) is 54.7 Å². The van der Waals surface area contributed by atoms with E-state index < -0.39 is 0 Å². The standard InChI is InChI=1S/C25H25Cl2N7O/c26-17-5-3-16(4-6-17)22(29)2-1-11-30-25(35)21-15-34(24-10-8-19(12-28)32-33-24)14-20(21)23-9-7-18(27)13-31-23/h3-10,13,20-22H,1-2,11,14-15,29H2,(H,30,35)/t20-,21-,22+/m1/s1. The molecule has 4 rings (SSSR count). The maximum atomic E-state index is 13.2. The fourth-order valence-corrected chi connectivity index (χ4v) is 4.50. The molecule has 0 saturated carbocycles. The highest BCUT2D eigenvalue weighted by atomic mass is 35.5. The minimum atomic E-state index is -0.328. The molecule has 1 aliphatic heterocycles. The average Bonchev–Trinajstić information content (AvgIpc) is 3.33. The van der Waals surface area contributed by atoms with Crippen molar-refractivity contribution in [3.05, 3.63) is 81.7 Å². The van der Waals surface area contributed by atoms with Gasteiger partial charge in [0.1, 0.15) is 6.07 Å². The van der Waals surface area contributed by atoms with Gasteiger partial charge in [0.25, 0.3) is 0 Å². The topological polar surface area (TPSA) is 121 Å². The average molecular weight is 510 g/mol. The highest BCUT2D eigenvalue weighted by molar-refractivity contribution is 6.30. The number of nitrogens with one attached hydrogen (secondary N) is 1. The summed E-state index contributed by atoms with van der Waals surface area (Å²) in [6.45, 7) is 1.54. The first kappa shape index (κ1) is 24.9. The van der Waals surface area contributed by atoms with E-state index in [9.17, 15) is 4.79 Å². The zero-order valence-electron chi connectivity index (χ0n) is 18.9. The van der Waals surface area contributed by atoms with E-state index in [1.165, 1.54) is 0 Å². The first-order valence-electron chi connectivity index (χ1n) is 11.3. The lowest BCUT2D eigenvalue weighted by molar-refractivity contribution is -0.124. The van der Waals surface area contributed by atoms with E-state index in [4.69, 9.17) is 34.2 Å². The number of amides is 1. The molecule has 3 heterocycles. The monoisotopic (exact) mass is 509 g/mol. The van der Waals surface area contributed by atoms with Crippen LogP contribution < -0.4 is 16.0 Å². The lowest BCUT2D eigenvalue weighted by atomic mass is 9.91. The van der Waals surface area contributed by atoms with Gasteiger partial charge in [-0.3, -0.25) is 9.78 Å². The number of carbonyl (C=O) groups is 1. The SMILES string of the molecule is N#Cc1ccc(N2C[C@@H](C(=O)NCCC[C@H](N)c3ccc(Cl)cc3)[C@H](c3ccc(Cl)cn3)C2)nn1. The van der Waals surface area contributed by atoms with Crippen molar-refractivity contribution >= 4 is 34.9 Å². The Bertz CT molecular complexity index is 1180. The minimum Gasteiger partial charge on any atom is -0.356 e. The fraction of sp³-hybridized carbons (Fsp3) is 0.320. The van der Waals surface area contributed by atoms with E-state index in [1.54, 1.807) is 24.4 Å². The molecule has 1 aliphatic rings. The van der Waals surface area contributed by atoms with E-state index in [0.29, 0.717) is 35.5 Å². The molecule has 3 atom stereocenters. The Hall–Kier alpha value is -3.25. The van der Waals surface area contributed by atoms with Crippen molar-refractivity contribution in [3.63, 3.8) is 0 Å². The number of pyridine rings is 1. The largest absolute Gasteiger partial charge is 0.356 e. The van der Waals surface area contributed by atoms with Crippen LogP contribution in [0.1, 0.15) is 41.8 Å². The Morgan fingerprint density at radius 2 is 1.89 bits per heavy atom. The number of nitrogens with zero attached hydrogens (tertiary/aromatic N) is 5. The number of carbonyl (C=O) groups excluding carboxylic acids is 1. The number of anilines is 1. The van der Waals surface area contributed by atoms with Gasteiger partial charge in [0.2, 0.25) is 5.91 Å². The van der Waals surface area contributed by atoms with Crippen LogP contribution in [0.3, 0.4) is 0 Å². The summed E-state index contributed by atoms with van der Waals surface area (Å²) in [5.74, 6) is 0.107. The van der Waals surface area contributed by atoms with E-state index in [-0.39, 0.29) is 29.5 Å². The first-order valence-corrected chi connectivity index (χ1v) is 12.1. The number of hydrogen-bond donors (Lipinski definition) is 2. The van der Waals surface area contributed by atoms with Crippen LogP contribution in [0.5, 0.6) is 0 Å². The van der Waals surface area contributed by atoms with Crippen LogP contribution >= 0.6 is 23.2 Å². The van der Waals surface area contributed by atoms with Gasteiger partial charge >= 0.3 is 0 Å². The van der Waals surface area contributed by atoms with Gasteiger partial charge in [-0.1, -0.05) is 35.3 Å². The molecular weight excluding hydrogens is 485 g/mol. The van der Waals surface area contributed by atoms with Gasteiger partial charge < -0.3 is 16.0 Å². The summed E-state index contributed by atoms with van der Waals surface area (Å²) in [7, 11) is 0. The maximum absolute atomic E-state index is 13.2. The Morgan fingerprint density at radius 1 is 1.11 bits per heavy atom. The van der Waals surface area contributed by atoms with Gasteiger partial charge in [0, 0.05) is 48.5 Å². The summed E-state index contributed by atoms with van der Waals surface area (Å²) in [5, 5.41) is 21.3. The van der Waals surface area contributed by atoms with Crippen LogP contribution in [0.2, 0.25) is 10.0 Å². The van der Waals surface area contributed by atoms with Crippen molar-refractivity contribution in [1.29, 1.82) is 5.26 Å². The summed E-state index contributed by atoms with van der Waals surface area (Å²) in [4.78, 5) is 19.7. The second kappa shape index (κ2) is 11.5. The molecule has 8 nitrogen and oxygen atoms in total. The fourth-order valence-electron chi connectivity index (χ4n) is 4.26. The summed E-state index contributed by atoms with van der Waals surface area (Å²) >= 11 is 12.0. The van der Waals surface area contributed by atoms with E-state index in [2.05, 4.69) is 20.5 Å². The predicted octanol–water partition coefficient (Wildman–Crippen LogP) is 3.87. The number of halogens is 2. The normalized spacial score (nSPS) is 18.2. The Morgan fingerprint density at radius 3 is 2.54 bits per heavy atom. The third-order valence-electron chi connectivity index (χ3n) is 6.17. The highest BCUT2D eigenvalue weighted by Crippen LogP contribution is 2.34. The molecule has 0 bridgehead atoms. The number of aromatic nitrogens is 3. The van der Waals surface area contributed by atoms with E-state index in [0.717, 1.165) is 24.1 Å². The summed E-state index contributed by atoms with van der Waals surface area (Å²) in [6, 6.07) is 16.4. The van der Waals surface area contributed by atoms with Crippen molar-refractivity contribution in [3.8, 4) is 6.07 Å². The molecule has 0 aliphatic carbocycles. The molecular formula is C25H25Cl2N7O. The molecule has 3 N–H and O–H groups in total. The predicted molar refractivity (Wildman–Crippen MR) is 135 cm³/mol. The molecule has 1 amide bonds. The molecule has 0 radical (unpaired) electrons. The van der Waals surface area contributed by atoms with E-state index in [1.807, 2.05) is 41.3 Å². The number of nitrogens with two attached hydrogens (primary N) is 1. The quantitative estimate of drug-likeness (QED) is 0.442. The molecule has 1 aromatic carbocycles. The summed E-state index contributed by atoms with van der Waals surface area (Å²) in [6.07, 6.45) is 3.08. The number of hydrogen-bond acceptors (Lipinski definition) is 7. The minimum absolute atomic E-state index is 0.0454. The molecule has 0 spiro atoms. The molecule has 3 aromatic rings. The van der Waals surface area contributed by atoms with Gasteiger partial charge in [0.15, 0.2) is 11.5 Å².